The van der Waals surface area contributed by atoms with Gasteiger partial charge >= 0.3 is 6.18 Å². The molecule has 1 aliphatic rings. The van der Waals surface area contributed by atoms with Gasteiger partial charge in [0.1, 0.15) is 6.42 Å². The normalized spacial score (nSPS) is 14.5. The Labute approximate surface area is 163 Å². The Bertz CT molecular complexity index is 1230. The zero-order chi connectivity index (χ0) is 20.2. The van der Waals surface area contributed by atoms with Crippen molar-refractivity contribution in [3.63, 3.8) is 0 Å². The molecule has 2 aromatic heterocycles. The summed E-state index contributed by atoms with van der Waals surface area (Å²) >= 11 is 0. The van der Waals surface area contributed by atoms with Crippen LogP contribution in [0.1, 0.15) is 17.0 Å². The molecule has 29 heavy (non-hydrogen) atoms. The van der Waals surface area contributed by atoms with Gasteiger partial charge in [0.15, 0.2) is 17.3 Å². The number of anilines is 2. The summed E-state index contributed by atoms with van der Waals surface area (Å²) in [4.78, 5) is 2.07. The molecule has 0 bridgehead atoms. The zero-order valence-electron chi connectivity index (χ0n) is 15.3. The first-order valence-electron chi connectivity index (χ1n) is 9.21. The minimum absolute atomic E-state index is 0.221. The second-order valence-electron chi connectivity index (χ2n) is 7.21. The Balaban J connectivity index is 1.67. The van der Waals surface area contributed by atoms with E-state index in [1.54, 1.807) is 0 Å². The second kappa shape index (κ2) is 6.33. The smallest absolute Gasteiger partial charge is 0.396 e. The van der Waals surface area contributed by atoms with Gasteiger partial charge in [-0.15, -0.1) is 15.3 Å². The highest BCUT2D eigenvalue weighted by atomic mass is 19.4. The number of nitrogen functional groups attached to an aromatic ring is 1. The van der Waals surface area contributed by atoms with E-state index in [1.807, 2.05) is 42.5 Å². The van der Waals surface area contributed by atoms with Crippen molar-refractivity contribution in [3.8, 4) is 0 Å². The molecule has 148 valence electrons. The first-order chi connectivity index (χ1) is 13.9. The van der Waals surface area contributed by atoms with E-state index >= 15 is 0 Å². The number of aromatic nitrogens is 4. The van der Waals surface area contributed by atoms with Gasteiger partial charge < -0.3 is 10.6 Å². The number of alkyl halides is 3. The molecule has 0 spiro atoms. The minimum atomic E-state index is -4.39. The molecule has 2 aromatic carbocycles. The van der Waals surface area contributed by atoms with Crippen LogP contribution < -0.4 is 10.6 Å². The number of hydrogen-bond acceptors (Lipinski definition) is 5. The molecule has 1 aliphatic heterocycles. The SMILES string of the molecule is Nc1ccc2c(c1)CN(c1nn3c(CC(F)(F)F)nnc3c3ccccc13)CC2. The van der Waals surface area contributed by atoms with Crippen LogP contribution in [0, 0.1) is 0 Å². The summed E-state index contributed by atoms with van der Waals surface area (Å²) < 4.78 is 40.2. The van der Waals surface area contributed by atoms with Crippen LogP contribution in [-0.2, 0) is 19.4 Å². The van der Waals surface area contributed by atoms with Crippen LogP contribution >= 0.6 is 0 Å². The maximum atomic E-state index is 13.0. The van der Waals surface area contributed by atoms with E-state index in [0.717, 1.165) is 22.8 Å². The Morgan fingerprint density at radius 2 is 1.79 bits per heavy atom. The Morgan fingerprint density at radius 1 is 1.00 bits per heavy atom. The van der Waals surface area contributed by atoms with Crippen molar-refractivity contribution in [2.45, 2.75) is 25.6 Å². The molecule has 6 nitrogen and oxygen atoms in total. The van der Waals surface area contributed by atoms with E-state index in [0.29, 0.717) is 30.2 Å². The minimum Gasteiger partial charge on any atom is -0.399 e. The number of fused-ring (bicyclic) bond motifs is 4. The van der Waals surface area contributed by atoms with Crippen molar-refractivity contribution < 1.29 is 13.2 Å². The highest BCUT2D eigenvalue weighted by Crippen LogP contribution is 2.32. The van der Waals surface area contributed by atoms with E-state index in [4.69, 9.17) is 5.73 Å². The van der Waals surface area contributed by atoms with Gasteiger partial charge in [-0.2, -0.15) is 17.7 Å². The maximum absolute atomic E-state index is 13.0. The van der Waals surface area contributed by atoms with Crippen LogP contribution in [0.3, 0.4) is 0 Å². The fourth-order valence-electron chi connectivity index (χ4n) is 3.89. The van der Waals surface area contributed by atoms with Crippen molar-refractivity contribution in [1.29, 1.82) is 0 Å². The van der Waals surface area contributed by atoms with Gasteiger partial charge in [-0.1, -0.05) is 30.3 Å². The summed E-state index contributed by atoms with van der Waals surface area (Å²) in [5, 5.41) is 13.8. The van der Waals surface area contributed by atoms with Gasteiger partial charge in [-0.25, -0.2) is 0 Å². The van der Waals surface area contributed by atoms with Gasteiger partial charge in [-0.3, -0.25) is 0 Å². The third-order valence-corrected chi connectivity index (χ3v) is 5.21. The molecular formula is C20H17F3N6. The Hall–Kier alpha value is -3.36. The average molecular weight is 398 g/mol. The van der Waals surface area contributed by atoms with Crippen LogP contribution in [0.2, 0.25) is 0 Å². The largest absolute Gasteiger partial charge is 0.399 e. The molecule has 3 heterocycles. The third kappa shape index (κ3) is 3.12. The first-order valence-corrected chi connectivity index (χ1v) is 9.21. The number of nitrogens with two attached hydrogens (primary N) is 1. The lowest BCUT2D eigenvalue weighted by molar-refractivity contribution is -0.128. The van der Waals surface area contributed by atoms with Gasteiger partial charge in [0.05, 0.1) is 0 Å². The molecule has 0 amide bonds. The predicted octanol–water partition coefficient (Wildman–Crippen LogP) is 3.53. The number of benzene rings is 2. The van der Waals surface area contributed by atoms with E-state index in [-0.39, 0.29) is 5.82 Å². The van der Waals surface area contributed by atoms with E-state index in [1.165, 1.54) is 10.1 Å². The predicted molar refractivity (Wildman–Crippen MR) is 104 cm³/mol. The fraction of sp³-hybridized carbons (Fsp3) is 0.250. The quantitative estimate of drug-likeness (QED) is 0.523. The van der Waals surface area contributed by atoms with Crippen molar-refractivity contribution in [3.05, 3.63) is 59.4 Å². The van der Waals surface area contributed by atoms with E-state index in [9.17, 15) is 13.2 Å². The van der Waals surface area contributed by atoms with Crippen molar-refractivity contribution in [2.75, 3.05) is 17.2 Å². The second-order valence-corrected chi connectivity index (χ2v) is 7.21. The molecular weight excluding hydrogens is 381 g/mol. The Morgan fingerprint density at radius 3 is 2.59 bits per heavy atom. The van der Waals surface area contributed by atoms with E-state index < -0.39 is 12.6 Å². The van der Waals surface area contributed by atoms with Gasteiger partial charge in [0.25, 0.3) is 0 Å². The van der Waals surface area contributed by atoms with Crippen LogP contribution in [0.15, 0.2) is 42.5 Å². The van der Waals surface area contributed by atoms with Crippen LogP contribution in [0.5, 0.6) is 0 Å². The molecule has 0 unspecified atom stereocenters. The molecule has 2 N–H and O–H groups in total. The topological polar surface area (TPSA) is 72.3 Å². The highest BCUT2D eigenvalue weighted by molar-refractivity contribution is 6.00. The first kappa shape index (κ1) is 17.7. The molecule has 0 aliphatic carbocycles. The molecule has 0 saturated carbocycles. The third-order valence-electron chi connectivity index (χ3n) is 5.21. The standard InChI is InChI=1S/C20H17F3N6/c21-20(22,23)10-17-25-26-18-15-3-1-2-4-16(15)19(27-29(17)18)28-8-7-12-5-6-14(24)9-13(12)11-28/h1-6,9H,7-8,10-11,24H2. The molecule has 0 saturated heterocycles. The lowest BCUT2D eigenvalue weighted by Gasteiger charge is -2.30. The molecule has 9 heteroatoms. The summed E-state index contributed by atoms with van der Waals surface area (Å²) in [6.07, 6.45) is -4.77. The average Bonchev–Trinajstić information content (AvgIpc) is 3.08. The highest BCUT2D eigenvalue weighted by Gasteiger charge is 2.31. The summed E-state index contributed by atoms with van der Waals surface area (Å²) in [7, 11) is 0. The fourth-order valence-corrected chi connectivity index (χ4v) is 3.89. The van der Waals surface area contributed by atoms with Crippen molar-refractivity contribution in [1.82, 2.24) is 19.8 Å². The zero-order valence-corrected chi connectivity index (χ0v) is 15.3. The van der Waals surface area contributed by atoms with Crippen molar-refractivity contribution in [2.24, 2.45) is 0 Å². The summed E-state index contributed by atoms with van der Waals surface area (Å²) in [5.41, 5.74) is 9.27. The Kier molecular flexibility index (Phi) is 3.87. The number of hydrogen-bond donors (Lipinski definition) is 1. The summed E-state index contributed by atoms with van der Waals surface area (Å²) in [6.45, 7) is 1.29. The van der Waals surface area contributed by atoms with E-state index in [2.05, 4.69) is 20.2 Å². The summed E-state index contributed by atoms with van der Waals surface area (Å²) in [5.74, 6) is 0.394. The van der Waals surface area contributed by atoms with Crippen LogP contribution in [-0.4, -0.2) is 32.5 Å². The van der Waals surface area contributed by atoms with Gasteiger partial charge in [0.2, 0.25) is 0 Å². The van der Waals surface area contributed by atoms with Gasteiger partial charge in [0, 0.05) is 29.5 Å². The molecule has 4 aromatic rings. The van der Waals surface area contributed by atoms with Gasteiger partial charge in [-0.05, 0) is 29.7 Å². The number of halogens is 3. The molecule has 0 atom stereocenters. The maximum Gasteiger partial charge on any atom is 0.396 e. The lowest BCUT2D eigenvalue weighted by atomic mass is 9.99. The molecule has 5 rings (SSSR count). The number of rotatable bonds is 2. The molecule has 0 fully saturated rings. The van der Waals surface area contributed by atoms with Crippen LogP contribution in [0.4, 0.5) is 24.7 Å². The monoisotopic (exact) mass is 398 g/mol. The summed E-state index contributed by atoms with van der Waals surface area (Å²) in [6, 6.07) is 13.3. The van der Waals surface area contributed by atoms with Crippen LogP contribution in [0.25, 0.3) is 16.4 Å². The molecule has 0 radical (unpaired) electrons. The van der Waals surface area contributed by atoms with Crippen molar-refractivity contribution >= 4 is 27.9 Å². The number of nitrogens with zero attached hydrogens (tertiary/aromatic N) is 5. The lowest BCUT2D eigenvalue weighted by Crippen LogP contribution is -2.32.